The standard InChI is InChI=1S/C13H14FNO/c1-3-4-5-6-13(16)15-11-8-7-10(2)12(14)9-11/h3-9H,1-2H3,(H,15,16)/b4-3+,6-5+. The largest absolute Gasteiger partial charge is 0.322 e. The number of anilines is 1. The Kier molecular flexibility index (Phi) is 4.45. The number of aryl methyl sites for hydroxylation is 1. The van der Waals surface area contributed by atoms with Crippen molar-refractivity contribution in [2.75, 3.05) is 5.32 Å². The maximum absolute atomic E-state index is 13.2. The third-order valence-corrected chi connectivity index (χ3v) is 1.99. The van der Waals surface area contributed by atoms with E-state index in [0.717, 1.165) is 0 Å². The molecule has 1 amide bonds. The first-order chi connectivity index (χ1) is 7.63. The monoisotopic (exact) mass is 219 g/mol. The van der Waals surface area contributed by atoms with Crippen molar-refractivity contribution in [2.45, 2.75) is 13.8 Å². The van der Waals surface area contributed by atoms with Crippen molar-refractivity contribution in [1.82, 2.24) is 0 Å². The summed E-state index contributed by atoms with van der Waals surface area (Å²) < 4.78 is 13.2. The number of rotatable bonds is 3. The lowest BCUT2D eigenvalue weighted by Crippen LogP contribution is -2.07. The van der Waals surface area contributed by atoms with Crippen LogP contribution < -0.4 is 5.32 Å². The fourth-order valence-electron chi connectivity index (χ4n) is 1.11. The lowest BCUT2D eigenvalue weighted by molar-refractivity contribution is -0.111. The molecule has 0 fully saturated rings. The average Bonchev–Trinajstić information content (AvgIpc) is 2.24. The van der Waals surface area contributed by atoms with Crippen LogP contribution in [0.2, 0.25) is 0 Å². The molecule has 1 aromatic rings. The molecule has 16 heavy (non-hydrogen) atoms. The van der Waals surface area contributed by atoms with E-state index in [-0.39, 0.29) is 11.7 Å². The highest BCUT2D eigenvalue weighted by Crippen LogP contribution is 2.13. The molecule has 3 heteroatoms. The third-order valence-electron chi connectivity index (χ3n) is 1.99. The van der Waals surface area contributed by atoms with Gasteiger partial charge in [0.15, 0.2) is 0 Å². The molecule has 0 aliphatic rings. The number of nitrogens with one attached hydrogen (secondary N) is 1. The van der Waals surface area contributed by atoms with Gasteiger partial charge in [0.1, 0.15) is 5.82 Å². The smallest absolute Gasteiger partial charge is 0.248 e. The maximum Gasteiger partial charge on any atom is 0.248 e. The van der Waals surface area contributed by atoms with Gasteiger partial charge in [-0.05, 0) is 31.5 Å². The molecule has 0 bridgehead atoms. The van der Waals surface area contributed by atoms with Crippen molar-refractivity contribution in [2.24, 2.45) is 0 Å². The van der Waals surface area contributed by atoms with Crippen molar-refractivity contribution in [3.63, 3.8) is 0 Å². The summed E-state index contributed by atoms with van der Waals surface area (Å²) >= 11 is 0. The van der Waals surface area contributed by atoms with Gasteiger partial charge in [0.2, 0.25) is 5.91 Å². The molecule has 0 unspecified atom stereocenters. The second-order valence-corrected chi connectivity index (χ2v) is 3.34. The van der Waals surface area contributed by atoms with Gasteiger partial charge in [0.25, 0.3) is 0 Å². The molecular formula is C13H14FNO. The predicted molar refractivity (Wildman–Crippen MR) is 63.7 cm³/mol. The third kappa shape index (κ3) is 3.69. The Balaban J connectivity index is 2.66. The Bertz CT molecular complexity index is 436. The predicted octanol–water partition coefficient (Wildman–Crippen LogP) is 3.20. The Hall–Kier alpha value is -1.90. The molecule has 0 spiro atoms. The molecule has 0 atom stereocenters. The van der Waals surface area contributed by atoms with E-state index in [2.05, 4.69) is 5.32 Å². The molecule has 0 radical (unpaired) electrons. The lowest BCUT2D eigenvalue weighted by atomic mass is 10.2. The van der Waals surface area contributed by atoms with E-state index < -0.39 is 0 Å². The van der Waals surface area contributed by atoms with Crippen molar-refractivity contribution in [3.8, 4) is 0 Å². The van der Waals surface area contributed by atoms with Crippen molar-refractivity contribution < 1.29 is 9.18 Å². The van der Waals surface area contributed by atoms with Gasteiger partial charge in [-0.2, -0.15) is 0 Å². The fraction of sp³-hybridized carbons (Fsp3) is 0.154. The summed E-state index contributed by atoms with van der Waals surface area (Å²) in [6, 6.07) is 4.59. The highest BCUT2D eigenvalue weighted by Gasteiger charge is 2.01. The van der Waals surface area contributed by atoms with E-state index in [4.69, 9.17) is 0 Å². The van der Waals surface area contributed by atoms with Crippen molar-refractivity contribution >= 4 is 11.6 Å². The first kappa shape index (κ1) is 12.2. The first-order valence-electron chi connectivity index (χ1n) is 5.00. The van der Waals surface area contributed by atoms with E-state index >= 15 is 0 Å². The number of hydrogen-bond acceptors (Lipinski definition) is 1. The quantitative estimate of drug-likeness (QED) is 0.613. The van der Waals surface area contributed by atoms with Crippen LogP contribution in [0.15, 0.2) is 42.5 Å². The Morgan fingerprint density at radius 2 is 2.12 bits per heavy atom. The van der Waals surface area contributed by atoms with Gasteiger partial charge in [0, 0.05) is 11.8 Å². The van der Waals surface area contributed by atoms with Crippen LogP contribution in [0.3, 0.4) is 0 Å². The number of allylic oxidation sites excluding steroid dienone is 3. The normalized spacial score (nSPS) is 11.2. The topological polar surface area (TPSA) is 29.1 Å². The van der Waals surface area contributed by atoms with Crippen molar-refractivity contribution in [1.29, 1.82) is 0 Å². The molecule has 1 N–H and O–H groups in total. The zero-order chi connectivity index (χ0) is 12.0. The van der Waals surface area contributed by atoms with Gasteiger partial charge >= 0.3 is 0 Å². The van der Waals surface area contributed by atoms with E-state index in [0.29, 0.717) is 11.3 Å². The van der Waals surface area contributed by atoms with Crippen LogP contribution in [0.4, 0.5) is 10.1 Å². The minimum atomic E-state index is -0.324. The number of amides is 1. The Morgan fingerprint density at radius 1 is 1.38 bits per heavy atom. The van der Waals surface area contributed by atoms with E-state index in [9.17, 15) is 9.18 Å². The second-order valence-electron chi connectivity index (χ2n) is 3.34. The minimum absolute atomic E-state index is 0.277. The van der Waals surface area contributed by atoms with Crippen LogP contribution in [-0.2, 0) is 4.79 Å². The van der Waals surface area contributed by atoms with Crippen LogP contribution in [0.5, 0.6) is 0 Å². The molecule has 0 aliphatic carbocycles. The summed E-state index contributed by atoms with van der Waals surface area (Å²) in [5, 5.41) is 2.57. The molecule has 0 heterocycles. The summed E-state index contributed by atoms with van der Waals surface area (Å²) in [5.74, 6) is -0.600. The molecule has 0 saturated heterocycles. The number of carbonyl (C=O) groups excluding carboxylic acids is 1. The number of hydrogen-bond donors (Lipinski definition) is 1. The first-order valence-corrected chi connectivity index (χ1v) is 5.00. The second kappa shape index (κ2) is 5.85. The summed E-state index contributed by atoms with van der Waals surface area (Å²) in [4.78, 5) is 11.3. The average molecular weight is 219 g/mol. The SMILES string of the molecule is C/C=C/C=C/C(=O)Nc1ccc(C)c(F)c1. The number of halogens is 1. The van der Waals surface area contributed by atoms with E-state index in [1.54, 1.807) is 31.2 Å². The lowest BCUT2D eigenvalue weighted by Gasteiger charge is -2.03. The molecule has 1 aromatic carbocycles. The van der Waals surface area contributed by atoms with E-state index in [1.165, 1.54) is 12.1 Å². The van der Waals surface area contributed by atoms with Gasteiger partial charge in [-0.15, -0.1) is 0 Å². The fourth-order valence-corrected chi connectivity index (χ4v) is 1.11. The molecule has 0 saturated carbocycles. The number of benzene rings is 1. The van der Waals surface area contributed by atoms with Gasteiger partial charge in [-0.25, -0.2) is 4.39 Å². The molecule has 84 valence electrons. The van der Waals surface area contributed by atoms with Crippen molar-refractivity contribution in [3.05, 3.63) is 53.9 Å². The Morgan fingerprint density at radius 3 is 2.75 bits per heavy atom. The van der Waals surface area contributed by atoms with Gasteiger partial charge in [-0.3, -0.25) is 4.79 Å². The van der Waals surface area contributed by atoms with Crippen LogP contribution in [0.25, 0.3) is 0 Å². The zero-order valence-electron chi connectivity index (χ0n) is 9.33. The van der Waals surface area contributed by atoms with Gasteiger partial charge in [-0.1, -0.05) is 24.3 Å². The molecule has 2 nitrogen and oxygen atoms in total. The molecule has 0 aromatic heterocycles. The van der Waals surface area contributed by atoms with Gasteiger partial charge in [0.05, 0.1) is 0 Å². The molecule has 0 aliphatic heterocycles. The highest BCUT2D eigenvalue weighted by molar-refractivity contribution is 5.99. The molecule has 1 rings (SSSR count). The summed E-state index contributed by atoms with van der Waals surface area (Å²) in [6.07, 6.45) is 6.57. The van der Waals surface area contributed by atoms with Crippen LogP contribution in [0, 0.1) is 12.7 Å². The van der Waals surface area contributed by atoms with Crippen LogP contribution >= 0.6 is 0 Å². The Labute approximate surface area is 94.5 Å². The zero-order valence-corrected chi connectivity index (χ0v) is 9.33. The summed E-state index contributed by atoms with van der Waals surface area (Å²) in [6.45, 7) is 3.53. The van der Waals surface area contributed by atoms with Crippen LogP contribution in [0.1, 0.15) is 12.5 Å². The highest BCUT2D eigenvalue weighted by atomic mass is 19.1. The minimum Gasteiger partial charge on any atom is -0.322 e. The summed E-state index contributed by atoms with van der Waals surface area (Å²) in [7, 11) is 0. The maximum atomic E-state index is 13.2. The van der Waals surface area contributed by atoms with Crippen LogP contribution in [-0.4, -0.2) is 5.91 Å². The van der Waals surface area contributed by atoms with E-state index in [1.807, 2.05) is 13.0 Å². The molecular weight excluding hydrogens is 205 g/mol. The number of carbonyl (C=O) groups is 1. The summed E-state index contributed by atoms with van der Waals surface area (Å²) in [5.41, 5.74) is 1.01. The van der Waals surface area contributed by atoms with Gasteiger partial charge < -0.3 is 5.32 Å².